The molecule has 4 nitrogen and oxygen atoms in total. The van der Waals surface area contributed by atoms with E-state index in [4.69, 9.17) is 0 Å². The van der Waals surface area contributed by atoms with Crippen molar-refractivity contribution in [3.63, 3.8) is 0 Å². The quantitative estimate of drug-likeness (QED) is 0.670. The van der Waals surface area contributed by atoms with Crippen LogP contribution >= 0.6 is 0 Å². The van der Waals surface area contributed by atoms with E-state index in [1.165, 1.54) is 5.56 Å². The lowest BCUT2D eigenvalue weighted by atomic mass is 9.96. The highest BCUT2D eigenvalue weighted by molar-refractivity contribution is 6.06. The van der Waals surface area contributed by atoms with Gasteiger partial charge in [-0.3, -0.25) is 14.8 Å². The molecule has 4 rings (SSSR count). The van der Waals surface area contributed by atoms with Crippen LogP contribution in [-0.4, -0.2) is 27.3 Å². The number of rotatable bonds is 3. The molecule has 1 saturated heterocycles. The van der Waals surface area contributed by atoms with Crippen LogP contribution in [0.4, 0.5) is 0 Å². The van der Waals surface area contributed by atoms with E-state index < -0.39 is 0 Å². The minimum Gasteiger partial charge on any atom is -0.330 e. The Bertz CT molecular complexity index is 968. The van der Waals surface area contributed by atoms with Crippen molar-refractivity contribution < 1.29 is 4.79 Å². The molecule has 27 heavy (non-hydrogen) atoms. The molecule has 0 bridgehead atoms. The van der Waals surface area contributed by atoms with Gasteiger partial charge in [0.2, 0.25) is 0 Å². The van der Waals surface area contributed by atoms with Crippen LogP contribution in [0.3, 0.4) is 0 Å². The summed E-state index contributed by atoms with van der Waals surface area (Å²) in [5, 5.41) is 0.954. The van der Waals surface area contributed by atoms with Crippen molar-refractivity contribution in [2.24, 2.45) is 0 Å². The van der Waals surface area contributed by atoms with Gasteiger partial charge in [0, 0.05) is 23.8 Å². The lowest BCUT2D eigenvalue weighted by molar-refractivity contribution is 0.0608. The smallest absolute Gasteiger partial charge is 0.255 e. The third kappa shape index (κ3) is 3.44. The average molecular weight is 359 g/mol. The zero-order valence-corrected chi connectivity index (χ0v) is 16.0. The number of nitrogens with zero attached hydrogens (tertiary/aromatic N) is 3. The lowest BCUT2D eigenvalue weighted by Gasteiger charge is -2.35. The van der Waals surface area contributed by atoms with Crippen LogP contribution in [0.1, 0.15) is 59.5 Å². The molecule has 0 aliphatic carbocycles. The Labute approximate surface area is 160 Å². The summed E-state index contributed by atoms with van der Waals surface area (Å²) in [5.41, 5.74) is 4.73. The predicted molar refractivity (Wildman–Crippen MR) is 108 cm³/mol. The minimum atomic E-state index is 0.0466. The zero-order valence-electron chi connectivity index (χ0n) is 16.0. The monoisotopic (exact) mass is 359 g/mol. The number of pyridine rings is 2. The Kier molecular flexibility index (Phi) is 4.88. The van der Waals surface area contributed by atoms with Gasteiger partial charge in [-0.2, -0.15) is 0 Å². The molecule has 0 saturated carbocycles. The van der Waals surface area contributed by atoms with Gasteiger partial charge >= 0.3 is 0 Å². The number of hydrogen-bond donors (Lipinski definition) is 0. The number of amides is 1. The van der Waals surface area contributed by atoms with E-state index in [2.05, 4.69) is 29.0 Å². The van der Waals surface area contributed by atoms with E-state index in [1.807, 2.05) is 48.4 Å². The van der Waals surface area contributed by atoms with Crippen LogP contribution in [-0.2, 0) is 6.42 Å². The Morgan fingerprint density at radius 2 is 2.07 bits per heavy atom. The number of aromatic nitrogens is 2. The maximum Gasteiger partial charge on any atom is 0.255 e. The maximum absolute atomic E-state index is 13.6. The van der Waals surface area contributed by atoms with E-state index in [1.54, 1.807) is 0 Å². The number of fused-ring (bicyclic) bond motifs is 1. The van der Waals surface area contributed by atoms with Crippen molar-refractivity contribution in [2.75, 3.05) is 6.54 Å². The molecule has 1 atom stereocenters. The predicted octanol–water partition coefficient (Wildman–Crippen LogP) is 4.87. The molecule has 138 valence electrons. The van der Waals surface area contributed by atoms with Crippen molar-refractivity contribution in [1.82, 2.24) is 14.9 Å². The van der Waals surface area contributed by atoms with Gasteiger partial charge in [0.1, 0.15) is 0 Å². The Hall–Kier alpha value is -2.75. The summed E-state index contributed by atoms with van der Waals surface area (Å²) < 4.78 is 0. The molecule has 1 fully saturated rings. The van der Waals surface area contributed by atoms with E-state index in [0.29, 0.717) is 0 Å². The van der Waals surface area contributed by atoms with Crippen LogP contribution in [0.25, 0.3) is 10.9 Å². The SMILES string of the molecule is CCc1ccc2nc(C)cc(C(=O)N3CCCC[C@@H]3c3ccccn3)c2c1. The lowest BCUT2D eigenvalue weighted by Crippen LogP contribution is -2.39. The number of carbonyl (C=O) groups excluding carboxylic acids is 1. The second-order valence-corrected chi connectivity index (χ2v) is 7.28. The number of benzene rings is 1. The van der Waals surface area contributed by atoms with Crippen molar-refractivity contribution >= 4 is 16.8 Å². The molecule has 2 aromatic heterocycles. The summed E-state index contributed by atoms with van der Waals surface area (Å²) in [6.45, 7) is 4.86. The van der Waals surface area contributed by atoms with Crippen LogP contribution in [0.2, 0.25) is 0 Å². The molecular weight excluding hydrogens is 334 g/mol. The molecular formula is C23H25N3O. The molecule has 3 heterocycles. The van der Waals surface area contributed by atoms with Crippen LogP contribution < -0.4 is 0 Å². The minimum absolute atomic E-state index is 0.0466. The average Bonchev–Trinajstić information content (AvgIpc) is 2.73. The van der Waals surface area contributed by atoms with Crippen molar-refractivity contribution in [1.29, 1.82) is 0 Å². The molecule has 3 aromatic rings. The summed E-state index contributed by atoms with van der Waals surface area (Å²) in [5.74, 6) is 0.0918. The summed E-state index contributed by atoms with van der Waals surface area (Å²) in [6, 6.07) is 14.2. The highest BCUT2D eigenvalue weighted by Gasteiger charge is 2.30. The summed E-state index contributed by atoms with van der Waals surface area (Å²) in [4.78, 5) is 24.8. The highest BCUT2D eigenvalue weighted by atomic mass is 16.2. The van der Waals surface area contributed by atoms with Gasteiger partial charge < -0.3 is 4.90 Å². The third-order valence-corrected chi connectivity index (χ3v) is 5.43. The van der Waals surface area contributed by atoms with Gasteiger partial charge in [0.15, 0.2) is 0 Å². The summed E-state index contributed by atoms with van der Waals surface area (Å²) in [6.07, 6.45) is 5.88. The first kappa shape index (κ1) is 17.7. The van der Waals surface area contributed by atoms with E-state index in [9.17, 15) is 4.79 Å². The number of piperidine rings is 1. The fourth-order valence-electron chi connectivity index (χ4n) is 4.01. The zero-order chi connectivity index (χ0) is 18.8. The fraction of sp³-hybridized carbons (Fsp3) is 0.348. The third-order valence-electron chi connectivity index (χ3n) is 5.43. The molecule has 0 spiro atoms. The molecule has 1 aliphatic rings. The van der Waals surface area contributed by atoms with E-state index in [0.717, 1.165) is 60.1 Å². The first-order valence-electron chi connectivity index (χ1n) is 9.79. The Balaban J connectivity index is 1.79. The molecule has 4 heteroatoms. The van der Waals surface area contributed by atoms with Gasteiger partial charge in [0.05, 0.1) is 22.8 Å². The van der Waals surface area contributed by atoms with Gasteiger partial charge in [-0.15, -0.1) is 0 Å². The van der Waals surface area contributed by atoms with E-state index in [-0.39, 0.29) is 11.9 Å². The van der Waals surface area contributed by atoms with Crippen molar-refractivity contribution in [3.05, 3.63) is 71.2 Å². The number of likely N-dealkylation sites (tertiary alicyclic amines) is 1. The highest BCUT2D eigenvalue weighted by Crippen LogP contribution is 2.32. The molecule has 1 aliphatic heterocycles. The molecule has 0 radical (unpaired) electrons. The van der Waals surface area contributed by atoms with E-state index >= 15 is 0 Å². The number of hydrogen-bond acceptors (Lipinski definition) is 3. The van der Waals surface area contributed by atoms with Gasteiger partial charge in [-0.1, -0.05) is 19.1 Å². The van der Waals surface area contributed by atoms with Crippen molar-refractivity contribution in [2.45, 2.75) is 45.6 Å². The maximum atomic E-state index is 13.6. The summed E-state index contributed by atoms with van der Waals surface area (Å²) >= 11 is 0. The standard InChI is InChI=1S/C23H25N3O/c1-3-17-10-11-20-18(15-17)19(14-16(2)25-20)23(27)26-13-7-5-9-22(26)21-8-4-6-12-24-21/h4,6,8,10-12,14-15,22H,3,5,7,9,13H2,1-2H3/t22-/m1/s1. The normalized spacial score (nSPS) is 17.3. The summed E-state index contributed by atoms with van der Waals surface area (Å²) in [7, 11) is 0. The van der Waals surface area contributed by atoms with Crippen LogP contribution in [0.15, 0.2) is 48.7 Å². The van der Waals surface area contributed by atoms with Crippen LogP contribution in [0, 0.1) is 6.92 Å². The molecule has 0 N–H and O–H groups in total. The Morgan fingerprint density at radius 3 is 2.85 bits per heavy atom. The topological polar surface area (TPSA) is 46.1 Å². The molecule has 1 aromatic carbocycles. The fourth-order valence-corrected chi connectivity index (χ4v) is 4.01. The first-order valence-corrected chi connectivity index (χ1v) is 9.79. The number of aryl methyl sites for hydroxylation is 2. The van der Waals surface area contributed by atoms with Gasteiger partial charge in [0.25, 0.3) is 5.91 Å². The van der Waals surface area contributed by atoms with Gasteiger partial charge in [-0.05, 0) is 68.5 Å². The Morgan fingerprint density at radius 1 is 1.19 bits per heavy atom. The van der Waals surface area contributed by atoms with Gasteiger partial charge in [-0.25, -0.2) is 0 Å². The second-order valence-electron chi connectivity index (χ2n) is 7.28. The molecule has 0 unspecified atom stereocenters. The van der Waals surface area contributed by atoms with Crippen LogP contribution in [0.5, 0.6) is 0 Å². The molecule has 1 amide bonds. The largest absolute Gasteiger partial charge is 0.330 e. The van der Waals surface area contributed by atoms with Crippen molar-refractivity contribution in [3.8, 4) is 0 Å². The first-order chi connectivity index (χ1) is 13.2. The second kappa shape index (κ2) is 7.47. The number of carbonyl (C=O) groups is 1.